The van der Waals surface area contributed by atoms with Crippen molar-refractivity contribution in [1.82, 2.24) is 0 Å². The quantitative estimate of drug-likeness (QED) is 0.502. The lowest BCUT2D eigenvalue weighted by Gasteiger charge is -2.09. The number of hydrogen-bond donors (Lipinski definition) is 0. The molecule has 1 aromatic rings. The first kappa shape index (κ1) is 9.25. The summed E-state index contributed by atoms with van der Waals surface area (Å²) in [6.07, 6.45) is 3.51. The molecular formula is C12H14O2. The van der Waals surface area contributed by atoms with Crippen LogP contribution < -0.4 is 4.74 Å². The van der Waals surface area contributed by atoms with Crippen molar-refractivity contribution >= 4 is 5.97 Å². The van der Waals surface area contributed by atoms with Gasteiger partial charge in [0, 0.05) is 6.92 Å². The van der Waals surface area contributed by atoms with Crippen LogP contribution in [-0.4, -0.2) is 5.97 Å². The van der Waals surface area contributed by atoms with E-state index in [2.05, 4.69) is 6.07 Å². The molecule has 14 heavy (non-hydrogen) atoms. The van der Waals surface area contributed by atoms with Crippen molar-refractivity contribution < 1.29 is 9.53 Å². The van der Waals surface area contributed by atoms with E-state index in [1.54, 1.807) is 0 Å². The zero-order valence-electron chi connectivity index (χ0n) is 8.59. The third-order valence-corrected chi connectivity index (χ3v) is 2.77. The Morgan fingerprint density at radius 1 is 1.36 bits per heavy atom. The highest BCUT2D eigenvalue weighted by Gasteiger charge is 2.16. The molecule has 2 nitrogen and oxygen atoms in total. The van der Waals surface area contributed by atoms with Crippen LogP contribution in [0.2, 0.25) is 0 Å². The highest BCUT2D eigenvalue weighted by Crippen LogP contribution is 2.31. The Bertz CT molecular complexity index is 380. The number of carbonyl (C=O) groups excluding carboxylic acids is 1. The van der Waals surface area contributed by atoms with Crippen LogP contribution in [0.5, 0.6) is 5.75 Å². The molecule has 1 aromatic carbocycles. The normalized spacial score (nSPS) is 13.9. The van der Waals surface area contributed by atoms with E-state index in [1.165, 1.54) is 24.5 Å². The van der Waals surface area contributed by atoms with Gasteiger partial charge in [0.05, 0.1) is 0 Å². The van der Waals surface area contributed by atoms with Crippen molar-refractivity contribution in [2.45, 2.75) is 33.1 Å². The first-order valence-corrected chi connectivity index (χ1v) is 4.98. The van der Waals surface area contributed by atoms with Crippen LogP contribution in [-0.2, 0) is 17.6 Å². The Balaban J connectivity index is 2.39. The number of fused-ring (bicyclic) bond motifs is 1. The van der Waals surface area contributed by atoms with Gasteiger partial charge in [0.1, 0.15) is 5.75 Å². The van der Waals surface area contributed by atoms with E-state index < -0.39 is 0 Å². The molecule has 2 heteroatoms. The first-order chi connectivity index (χ1) is 6.68. The van der Waals surface area contributed by atoms with Gasteiger partial charge in [0.15, 0.2) is 0 Å². The first-order valence-electron chi connectivity index (χ1n) is 4.98. The molecule has 0 saturated carbocycles. The monoisotopic (exact) mass is 190 g/mol. The van der Waals surface area contributed by atoms with Crippen LogP contribution in [0.1, 0.15) is 30.0 Å². The lowest BCUT2D eigenvalue weighted by Crippen LogP contribution is -2.04. The molecular weight excluding hydrogens is 176 g/mol. The van der Waals surface area contributed by atoms with Gasteiger partial charge < -0.3 is 4.74 Å². The molecule has 0 bridgehead atoms. The summed E-state index contributed by atoms with van der Waals surface area (Å²) in [5.41, 5.74) is 3.93. The predicted molar refractivity (Wildman–Crippen MR) is 54.5 cm³/mol. The highest BCUT2D eigenvalue weighted by molar-refractivity contribution is 5.70. The minimum Gasteiger partial charge on any atom is -0.426 e. The summed E-state index contributed by atoms with van der Waals surface area (Å²) in [6, 6.07) is 3.98. The van der Waals surface area contributed by atoms with Crippen molar-refractivity contribution in [2.75, 3.05) is 0 Å². The highest BCUT2D eigenvalue weighted by atomic mass is 16.5. The van der Waals surface area contributed by atoms with Crippen LogP contribution in [0.4, 0.5) is 0 Å². The summed E-state index contributed by atoms with van der Waals surface area (Å²) < 4.78 is 5.13. The number of hydrogen-bond acceptors (Lipinski definition) is 2. The minimum atomic E-state index is -0.244. The molecule has 1 aliphatic carbocycles. The van der Waals surface area contributed by atoms with Gasteiger partial charge in [-0.3, -0.25) is 4.79 Å². The zero-order valence-corrected chi connectivity index (χ0v) is 8.59. The number of benzene rings is 1. The standard InChI is InChI=1S/C12H14O2/c1-8-11-5-3-4-10(11)6-7-12(8)14-9(2)13/h6-7H,3-5H2,1-2H3. The van der Waals surface area contributed by atoms with Crippen LogP contribution in [0.3, 0.4) is 0 Å². The van der Waals surface area contributed by atoms with Gasteiger partial charge >= 0.3 is 5.97 Å². The molecule has 0 aliphatic heterocycles. The van der Waals surface area contributed by atoms with Gasteiger partial charge in [-0.2, -0.15) is 0 Å². The van der Waals surface area contributed by atoms with Gasteiger partial charge in [-0.05, 0) is 48.9 Å². The average molecular weight is 190 g/mol. The second-order valence-corrected chi connectivity index (χ2v) is 3.77. The summed E-state index contributed by atoms with van der Waals surface area (Å²) in [5.74, 6) is 0.476. The van der Waals surface area contributed by atoms with Crippen LogP contribution in [0.25, 0.3) is 0 Å². The zero-order chi connectivity index (χ0) is 10.1. The van der Waals surface area contributed by atoms with E-state index in [-0.39, 0.29) is 5.97 Å². The van der Waals surface area contributed by atoms with Gasteiger partial charge in [0.2, 0.25) is 0 Å². The predicted octanol–water partition coefficient (Wildman–Crippen LogP) is 2.41. The fourth-order valence-electron chi connectivity index (χ4n) is 2.09. The molecule has 74 valence electrons. The molecule has 1 aliphatic rings. The minimum absolute atomic E-state index is 0.244. The molecule has 2 rings (SSSR count). The number of carbonyl (C=O) groups is 1. The Labute approximate surface area is 83.9 Å². The maximum absolute atomic E-state index is 10.8. The fraction of sp³-hybridized carbons (Fsp3) is 0.417. The Hall–Kier alpha value is -1.31. The molecule has 0 amide bonds. The number of esters is 1. The smallest absolute Gasteiger partial charge is 0.308 e. The largest absolute Gasteiger partial charge is 0.426 e. The van der Waals surface area contributed by atoms with Crippen molar-refractivity contribution in [3.05, 3.63) is 28.8 Å². The van der Waals surface area contributed by atoms with E-state index in [1.807, 2.05) is 13.0 Å². The van der Waals surface area contributed by atoms with Crippen molar-refractivity contribution in [3.63, 3.8) is 0 Å². The maximum atomic E-state index is 10.8. The van der Waals surface area contributed by atoms with Crippen LogP contribution in [0, 0.1) is 6.92 Å². The molecule has 0 fully saturated rings. The van der Waals surface area contributed by atoms with Crippen LogP contribution >= 0.6 is 0 Å². The Kier molecular flexibility index (Phi) is 2.28. The van der Waals surface area contributed by atoms with E-state index in [9.17, 15) is 4.79 Å². The van der Waals surface area contributed by atoms with Crippen LogP contribution in [0.15, 0.2) is 12.1 Å². The third-order valence-electron chi connectivity index (χ3n) is 2.77. The number of aryl methyl sites for hydroxylation is 1. The third kappa shape index (κ3) is 1.52. The van der Waals surface area contributed by atoms with Gasteiger partial charge in [-0.15, -0.1) is 0 Å². The average Bonchev–Trinajstić information content (AvgIpc) is 2.57. The van der Waals surface area contributed by atoms with Gasteiger partial charge in [0.25, 0.3) is 0 Å². The molecule has 0 unspecified atom stereocenters. The van der Waals surface area contributed by atoms with Crippen molar-refractivity contribution in [1.29, 1.82) is 0 Å². The van der Waals surface area contributed by atoms with Crippen molar-refractivity contribution in [2.24, 2.45) is 0 Å². The number of rotatable bonds is 1. The van der Waals surface area contributed by atoms with Crippen molar-refractivity contribution in [3.8, 4) is 5.75 Å². The summed E-state index contributed by atoms with van der Waals surface area (Å²) >= 11 is 0. The molecule has 0 N–H and O–H groups in total. The molecule has 0 atom stereocenters. The summed E-state index contributed by atoms with van der Waals surface area (Å²) in [7, 11) is 0. The lowest BCUT2D eigenvalue weighted by atomic mass is 10.0. The number of ether oxygens (including phenoxy) is 1. The van der Waals surface area contributed by atoms with Gasteiger partial charge in [-0.1, -0.05) is 6.07 Å². The van der Waals surface area contributed by atoms with E-state index in [0.717, 1.165) is 24.2 Å². The maximum Gasteiger partial charge on any atom is 0.308 e. The fourth-order valence-corrected chi connectivity index (χ4v) is 2.09. The van der Waals surface area contributed by atoms with Gasteiger partial charge in [-0.25, -0.2) is 0 Å². The summed E-state index contributed by atoms with van der Waals surface area (Å²) in [4.78, 5) is 10.8. The van der Waals surface area contributed by atoms with E-state index in [4.69, 9.17) is 4.74 Å². The Morgan fingerprint density at radius 3 is 2.86 bits per heavy atom. The molecule has 0 radical (unpaired) electrons. The molecule has 0 aromatic heterocycles. The molecule has 0 heterocycles. The van der Waals surface area contributed by atoms with E-state index in [0.29, 0.717) is 0 Å². The molecule has 0 saturated heterocycles. The Morgan fingerprint density at radius 2 is 2.14 bits per heavy atom. The molecule has 0 spiro atoms. The SMILES string of the molecule is CC(=O)Oc1ccc2c(c1C)CCC2. The lowest BCUT2D eigenvalue weighted by molar-refractivity contribution is -0.131. The van der Waals surface area contributed by atoms with E-state index >= 15 is 0 Å². The topological polar surface area (TPSA) is 26.3 Å². The summed E-state index contributed by atoms with van der Waals surface area (Å²) in [6.45, 7) is 3.47. The second-order valence-electron chi connectivity index (χ2n) is 3.77. The summed E-state index contributed by atoms with van der Waals surface area (Å²) in [5, 5.41) is 0. The second kappa shape index (κ2) is 3.45.